The molecule has 9 nitrogen and oxygen atoms in total. The van der Waals surface area contributed by atoms with Crippen molar-refractivity contribution in [3.8, 4) is 23.0 Å². The maximum atomic E-state index is 13.5. The zero-order valence-corrected chi connectivity index (χ0v) is 18.3. The Labute approximate surface area is 189 Å². The molecule has 0 amide bonds. The highest BCUT2D eigenvalue weighted by molar-refractivity contribution is 5.83. The Hall–Kier alpha value is -4.27. The first-order valence-electron chi connectivity index (χ1n) is 10.8. The van der Waals surface area contributed by atoms with Crippen molar-refractivity contribution < 1.29 is 0 Å². The van der Waals surface area contributed by atoms with Crippen molar-refractivity contribution >= 4 is 10.8 Å². The fraction of sp³-hybridized carbons (Fsp3) is 0.208. The van der Waals surface area contributed by atoms with Gasteiger partial charge in [-0.25, -0.2) is 14.6 Å². The van der Waals surface area contributed by atoms with Crippen LogP contribution in [0.25, 0.3) is 33.8 Å². The molecule has 0 atom stereocenters. The monoisotopic (exact) mass is 438 g/mol. The molecule has 9 heteroatoms. The summed E-state index contributed by atoms with van der Waals surface area (Å²) in [5.41, 5.74) is 2.53. The van der Waals surface area contributed by atoms with Crippen molar-refractivity contribution in [1.29, 1.82) is 0 Å². The molecule has 0 spiro atoms. The summed E-state index contributed by atoms with van der Waals surface area (Å²) in [4.78, 5) is 22.7. The summed E-state index contributed by atoms with van der Waals surface area (Å²) in [7, 11) is 3.80. The minimum absolute atomic E-state index is 0.129. The second-order valence-electron chi connectivity index (χ2n) is 8.47. The lowest BCUT2D eigenvalue weighted by Gasteiger charge is -2.15. The van der Waals surface area contributed by atoms with Crippen LogP contribution in [-0.2, 0) is 0 Å². The van der Waals surface area contributed by atoms with Gasteiger partial charge in [0.05, 0.1) is 12.0 Å². The van der Waals surface area contributed by atoms with Crippen molar-refractivity contribution in [3.05, 3.63) is 83.6 Å². The summed E-state index contributed by atoms with van der Waals surface area (Å²) >= 11 is 0. The Kier molecular flexibility index (Phi) is 4.36. The van der Waals surface area contributed by atoms with E-state index in [1.54, 1.807) is 21.8 Å². The number of rotatable bonds is 5. The topological polar surface area (TPSA) is 86.7 Å². The Balaban J connectivity index is 1.43. The Morgan fingerprint density at radius 1 is 1.06 bits per heavy atom. The molecule has 4 heterocycles. The van der Waals surface area contributed by atoms with Crippen LogP contribution < -0.4 is 10.6 Å². The van der Waals surface area contributed by atoms with E-state index >= 15 is 0 Å². The lowest BCUT2D eigenvalue weighted by molar-refractivity contribution is 0.732. The van der Waals surface area contributed by atoms with E-state index < -0.39 is 0 Å². The van der Waals surface area contributed by atoms with Gasteiger partial charge in [-0.15, -0.1) is 10.2 Å². The van der Waals surface area contributed by atoms with Crippen LogP contribution in [-0.4, -0.2) is 48.1 Å². The number of hydrogen-bond acceptors (Lipinski definition) is 6. The van der Waals surface area contributed by atoms with E-state index in [4.69, 9.17) is 4.98 Å². The van der Waals surface area contributed by atoms with Crippen LogP contribution in [0.3, 0.4) is 0 Å². The summed E-state index contributed by atoms with van der Waals surface area (Å²) in [6, 6.07) is 13.4. The van der Waals surface area contributed by atoms with Crippen molar-refractivity contribution in [1.82, 2.24) is 34.0 Å². The first-order valence-corrected chi connectivity index (χ1v) is 10.8. The molecule has 4 aromatic heterocycles. The van der Waals surface area contributed by atoms with E-state index in [2.05, 4.69) is 21.4 Å². The van der Waals surface area contributed by atoms with Gasteiger partial charge >= 0.3 is 0 Å². The Morgan fingerprint density at radius 3 is 2.76 bits per heavy atom. The van der Waals surface area contributed by atoms with Gasteiger partial charge in [-0.05, 0) is 48.6 Å². The molecule has 5 aromatic rings. The molecule has 0 aliphatic heterocycles. The zero-order valence-electron chi connectivity index (χ0n) is 18.3. The van der Waals surface area contributed by atoms with E-state index in [0.29, 0.717) is 28.6 Å². The smallest absolute Gasteiger partial charge is 0.264 e. The molecule has 0 N–H and O–H groups in total. The second-order valence-corrected chi connectivity index (χ2v) is 8.47. The normalized spacial score (nSPS) is 13.5. The lowest BCUT2D eigenvalue weighted by atomic mass is 10.1. The molecule has 1 fully saturated rings. The second kappa shape index (κ2) is 7.40. The van der Waals surface area contributed by atoms with E-state index in [-0.39, 0.29) is 5.56 Å². The average molecular weight is 438 g/mol. The number of fused-ring (bicyclic) bond motifs is 1. The molecule has 0 unspecified atom stereocenters. The van der Waals surface area contributed by atoms with Crippen LogP contribution in [0.1, 0.15) is 24.5 Å². The number of aromatic nitrogens is 7. The molecular weight excluding hydrogens is 416 g/mol. The van der Waals surface area contributed by atoms with Gasteiger partial charge in [0, 0.05) is 43.5 Å². The summed E-state index contributed by atoms with van der Waals surface area (Å²) < 4.78 is 5.34. The molecule has 1 aromatic carbocycles. The van der Waals surface area contributed by atoms with E-state index in [9.17, 15) is 4.79 Å². The average Bonchev–Trinajstić information content (AvgIpc) is 3.34. The summed E-state index contributed by atoms with van der Waals surface area (Å²) in [5.74, 6) is 1.71. The van der Waals surface area contributed by atoms with Crippen LogP contribution in [0.4, 0.5) is 0 Å². The van der Waals surface area contributed by atoms with Gasteiger partial charge in [0.25, 0.3) is 5.56 Å². The van der Waals surface area contributed by atoms with Gasteiger partial charge in [0.1, 0.15) is 17.8 Å². The number of pyridine rings is 2. The number of nitrogens with zero attached hydrogens (tertiary/aromatic N) is 8. The van der Waals surface area contributed by atoms with Crippen LogP contribution in [0.2, 0.25) is 0 Å². The van der Waals surface area contributed by atoms with Crippen molar-refractivity contribution in [2.24, 2.45) is 0 Å². The molecule has 164 valence electrons. The van der Waals surface area contributed by atoms with E-state index in [1.165, 1.54) is 12.8 Å². The van der Waals surface area contributed by atoms with Crippen LogP contribution in [0, 0.1) is 0 Å². The van der Waals surface area contributed by atoms with Gasteiger partial charge in [-0.3, -0.25) is 9.36 Å². The molecule has 0 radical (unpaired) electrons. The van der Waals surface area contributed by atoms with Crippen molar-refractivity contribution in [2.75, 3.05) is 19.1 Å². The third-order valence-electron chi connectivity index (χ3n) is 5.96. The van der Waals surface area contributed by atoms with Crippen LogP contribution in [0.5, 0.6) is 0 Å². The predicted octanol–water partition coefficient (Wildman–Crippen LogP) is 2.90. The van der Waals surface area contributed by atoms with Crippen molar-refractivity contribution in [3.63, 3.8) is 0 Å². The zero-order chi connectivity index (χ0) is 22.5. The minimum Gasteiger partial charge on any atom is -0.316 e. The van der Waals surface area contributed by atoms with Crippen LogP contribution in [0.15, 0.2) is 72.3 Å². The van der Waals surface area contributed by atoms with Crippen LogP contribution >= 0.6 is 0 Å². The SMILES string of the molecule is CN(C)n1cnnc1-c1cccc(-n2ccc3ccc(-n4cnc(C5CC5)c4)cc3c2=O)n1. The third kappa shape index (κ3) is 3.38. The van der Waals surface area contributed by atoms with Gasteiger partial charge in [0.2, 0.25) is 5.82 Å². The molecular formula is C24H22N8O. The molecule has 0 saturated heterocycles. The van der Waals surface area contributed by atoms with E-state index in [1.807, 2.05) is 72.5 Å². The van der Waals surface area contributed by atoms with Gasteiger partial charge in [0.15, 0.2) is 0 Å². The largest absolute Gasteiger partial charge is 0.316 e. The predicted molar refractivity (Wildman–Crippen MR) is 126 cm³/mol. The molecule has 0 bridgehead atoms. The lowest BCUT2D eigenvalue weighted by Crippen LogP contribution is -2.25. The molecule has 1 aliphatic carbocycles. The quantitative estimate of drug-likeness (QED) is 0.419. The highest BCUT2D eigenvalue weighted by Crippen LogP contribution is 2.39. The molecule has 1 saturated carbocycles. The summed E-state index contributed by atoms with van der Waals surface area (Å²) in [6.45, 7) is 0. The fourth-order valence-electron chi connectivity index (χ4n) is 4.01. The number of hydrogen-bond donors (Lipinski definition) is 0. The fourth-order valence-corrected chi connectivity index (χ4v) is 4.01. The van der Waals surface area contributed by atoms with Gasteiger partial charge < -0.3 is 9.58 Å². The van der Waals surface area contributed by atoms with Gasteiger partial charge in [-0.2, -0.15) is 0 Å². The first-order chi connectivity index (χ1) is 16.1. The number of imidazole rings is 1. The maximum absolute atomic E-state index is 13.5. The highest BCUT2D eigenvalue weighted by atomic mass is 16.1. The van der Waals surface area contributed by atoms with E-state index in [0.717, 1.165) is 16.8 Å². The maximum Gasteiger partial charge on any atom is 0.264 e. The minimum atomic E-state index is -0.129. The summed E-state index contributed by atoms with van der Waals surface area (Å²) in [5, 5.41) is 11.5. The molecule has 1 aliphatic rings. The summed E-state index contributed by atoms with van der Waals surface area (Å²) in [6.07, 6.45) is 9.68. The molecule has 33 heavy (non-hydrogen) atoms. The van der Waals surface area contributed by atoms with Crippen molar-refractivity contribution in [2.45, 2.75) is 18.8 Å². The third-order valence-corrected chi connectivity index (χ3v) is 5.96. The molecule has 6 rings (SSSR count). The Morgan fingerprint density at radius 2 is 1.94 bits per heavy atom. The standard InChI is InChI=1S/C24H22N8O/c1-29(2)32-15-26-28-23(32)20-4-3-5-22(27-20)31-11-10-16-8-9-18(12-19(16)24(31)33)30-13-21(25-14-30)17-6-7-17/h3-5,8-15,17H,6-7H2,1-2H3. The van der Waals surface area contributed by atoms with Gasteiger partial charge in [-0.1, -0.05) is 12.1 Å². The Bertz CT molecular complexity index is 1540. The number of benzene rings is 1. The highest BCUT2D eigenvalue weighted by Gasteiger charge is 2.25. The first kappa shape index (κ1) is 19.4.